The summed E-state index contributed by atoms with van der Waals surface area (Å²) in [6.45, 7) is 4.84. The number of carbonyl (C=O) groups excluding carboxylic acids is 1. The van der Waals surface area contributed by atoms with Crippen LogP contribution >= 0.6 is 11.6 Å². The SMILES string of the molecule is CCCCC[C@@](C)(OC)C(=O)Nc1ccc(OCCOC)c(Cl)c1. The fourth-order valence-corrected chi connectivity index (χ4v) is 2.45. The lowest BCUT2D eigenvalue weighted by Crippen LogP contribution is -2.41. The number of anilines is 1. The molecular weight excluding hydrogens is 330 g/mol. The van der Waals surface area contributed by atoms with Crippen molar-refractivity contribution in [2.45, 2.75) is 45.1 Å². The molecule has 0 aliphatic rings. The molecule has 6 heteroatoms. The second-order valence-electron chi connectivity index (χ2n) is 5.83. The minimum atomic E-state index is -0.852. The van der Waals surface area contributed by atoms with Crippen LogP contribution < -0.4 is 10.1 Å². The van der Waals surface area contributed by atoms with E-state index in [-0.39, 0.29) is 5.91 Å². The summed E-state index contributed by atoms with van der Waals surface area (Å²) in [5, 5.41) is 3.31. The molecule has 1 amide bonds. The lowest BCUT2D eigenvalue weighted by atomic mass is 9.97. The summed E-state index contributed by atoms with van der Waals surface area (Å²) >= 11 is 6.19. The Morgan fingerprint density at radius 3 is 2.58 bits per heavy atom. The van der Waals surface area contributed by atoms with Crippen molar-refractivity contribution >= 4 is 23.2 Å². The van der Waals surface area contributed by atoms with E-state index in [4.69, 9.17) is 25.8 Å². The average molecular weight is 358 g/mol. The van der Waals surface area contributed by atoms with Crippen LogP contribution in [0.3, 0.4) is 0 Å². The number of rotatable bonds is 11. The summed E-state index contributed by atoms with van der Waals surface area (Å²) in [5.41, 5.74) is -0.238. The zero-order chi connectivity index (χ0) is 18.0. The van der Waals surface area contributed by atoms with Crippen LogP contribution in [0.15, 0.2) is 18.2 Å². The van der Waals surface area contributed by atoms with E-state index in [9.17, 15) is 4.79 Å². The predicted molar refractivity (Wildman–Crippen MR) is 97.0 cm³/mol. The van der Waals surface area contributed by atoms with E-state index in [1.54, 1.807) is 32.4 Å². The molecule has 24 heavy (non-hydrogen) atoms. The Kier molecular flexibility index (Phi) is 9.11. The molecule has 0 fully saturated rings. The molecule has 0 spiro atoms. The van der Waals surface area contributed by atoms with Crippen LogP contribution in [0.25, 0.3) is 0 Å². The first-order chi connectivity index (χ1) is 11.5. The Hall–Kier alpha value is -1.30. The third kappa shape index (κ3) is 6.30. The highest BCUT2D eigenvalue weighted by molar-refractivity contribution is 6.32. The summed E-state index contributed by atoms with van der Waals surface area (Å²) < 4.78 is 15.9. The van der Waals surface area contributed by atoms with Crippen LogP contribution in [0.4, 0.5) is 5.69 Å². The van der Waals surface area contributed by atoms with Gasteiger partial charge in [-0.3, -0.25) is 4.79 Å². The Bertz CT molecular complexity index is 524. The smallest absolute Gasteiger partial charge is 0.256 e. The molecule has 1 rings (SSSR count). The van der Waals surface area contributed by atoms with Crippen LogP contribution in [0.1, 0.15) is 39.5 Å². The van der Waals surface area contributed by atoms with E-state index < -0.39 is 5.60 Å². The molecule has 1 aromatic carbocycles. The van der Waals surface area contributed by atoms with Gasteiger partial charge in [0.1, 0.15) is 18.0 Å². The highest BCUT2D eigenvalue weighted by atomic mass is 35.5. The summed E-state index contributed by atoms with van der Waals surface area (Å²) in [5.74, 6) is 0.384. The molecular formula is C18H28ClNO4. The van der Waals surface area contributed by atoms with Crippen molar-refractivity contribution in [2.24, 2.45) is 0 Å². The summed E-state index contributed by atoms with van der Waals surface area (Å²) in [7, 11) is 3.17. The van der Waals surface area contributed by atoms with Crippen molar-refractivity contribution in [3.63, 3.8) is 0 Å². The first-order valence-electron chi connectivity index (χ1n) is 8.24. The molecule has 0 aromatic heterocycles. The molecule has 5 nitrogen and oxygen atoms in total. The topological polar surface area (TPSA) is 56.8 Å². The number of hydrogen-bond acceptors (Lipinski definition) is 4. The Labute approximate surface area is 149 Å². The van der Waals surface area contributed by atoms with E-state index in [0.29, 0.717) is 36.1 Å². The van der Waals surface area contributed by atoms with Gasteiger partial charge in [-0.1, -0.05) is 37.8 Å². The third-order valence-electron chi connectivity index (χ3n) is 3.92. The predicted octanol–water partition coefficient (Wildman–Crippen LogP) is 4.29. The van der Waals surface area contributed by atoms with Crippen molar-refractivity contribution in [1.29, 1.82) is 0 Å². The van der Waals surface area contributed by atoms with Crippen molar-refractivity contribution < 1.29 is 19.0 Å². The van der Waals surface area contributed by atoms with E-state index in [1.165, 1.54) is 0 Å². The Morgan fingerprint density at radius 2 is 2.00 bits per heavy atom. The number of hydrogen-bond donors (Lipinski definition) is 1. The largest absolute Gasteiger partial charge is 0.490 e. The average Bonchev–Trinajstić information content (AvgIpc) is 2.57. The fourth-order valence-electron chi connectivity index (χ4n) is 2.21. The molecule has 0 unspecified atom stereocenters. The number of nitrogens with one attached hydrogen (secondary N) is 1. The second kappa shape index (κ2) is 10.5. The first kappa shape index (κ1) is 20.7. The molecule has 1 N–H and O–H groups in total. The molecule has 136 valence electrons. The molecule has 1 aromatic rings. The number of amides is 1. The lowest BCUT2D eigenvalue weighted by molar-refractivity contribution is -0.136. The molecule has 0 aliphatic carbocycles. The second-order valence-corrected chi connectivity index (χ2v) is 6.24. The zero-order valence-corrected chi connectivity index (χ0v) is 15.7. The van der Waals surface area contributed by atoms with Gasteiger partial charge in [-0.15, -0.1) is 0 Å². The summed E-state index contributed by atoms with van der Waals surface area (Å²) in [6.07, 6.45) is 3.80. The van der Waals surface area contributed by atoms with Crippen LogP contribution in [0.2, 0.25) is 5.02 Å². The number of ether oxygens (including phenoxy) is 3. The molecule has 0 radical (unpaired) electrons. The number of unbranched alkanes of at least 4 members (excludes halogenated alkanes) is 2. The highest BCUT2D eigenvalue weighted by Gasteiger charge is 2.32. The number of methoxy groups -OCH3 is 2. The van der Waals surface area contributed by atoms with Crippen LogP contribution in [-0.2, 0) is 14.3 Å². The maximum Gasteiger partial charge on any atom is 0.256 e. The molecule has 1 atom stereocenters. The van der Waals surface area contributed by atoms with Gasteiger partial charge in [0.15, 0.2) is 0 Å². The van der Waals surface area contributed by atoms with E-state index in [2.05, 4.69) is 12.2 Å². The standard InChI is InChI=1S/C18H28ClNO4/c1-5-6-7-10-18(2,23-4)17(21)20-14-8-9-16(15(19)13-14)24-12-11-22-3/h8-9,13H,5-7,10-12H2,1-4H3,(H,20,21)/t18-/m1/s1. The summed E-state index contributed by atoms with van der Waals surface area (Å²) in [6, 6.07) is 5.16. The fraction of sp³-hybridized carbons (Fsp3) is 0.611. The molecule has 0 saturated carbocycles. The maximum absolute atomic E-state index is 12.5. The number of halogens is 1. The van der Waals surface area contributed by atoms with Crippen LogP contribution in [-0.4, -0.2) is 38.9 Å². The van der Waals surface area contributed by atoms with Gasteiger partial charge < -0.3 is 19.5 Å². The van der Waals surface area contributed by atoms with Crippen molar-refractivity contribution in [3.8, 4) is 5.75 Å². The minimum Gasteiger partial charge on any atom is -0.490 e. The number of benzene rings is 1. The maximum atomic E-state index is 12.5. The summed E-state index contributed by atoms with van der Waals surface area (Å²) in [4.78, 5) is 12.5. The van der Waals surface area contributed by atoms with Crippen LogP contribution in [0.5, 0.6) is 5.75 Å². The van der Waals surface area contributed by atoms with Gasteiger partial charge in [-0.2, -0.15) is 0 Å². The van der Waals surface area contributed by atoms with Gasteiger partial charge in [0, 0.05) is 19.9 Å². The Morgan fingerprint density at radius 1 is 1.25 bits per heavy atom. The third-order valence-corrected chi connectivity index (χ3v) is 4.22. The lowest BCUT2D eigenvalue weighted by Gasteiger charge is -2.27. The van der Waals surface area contributed by atoms with Crippen molar-refractivity contribution in [3.05, 3.63) is 23.2 Å². The number of carbonyl (C=O) groups is 1. The minimum absolute atomic E-state index is 0.176. The van der Waals surface area contributed by atoms with Gasteiger partial charge in [0.05, 0.1) is 11.6 Å². The van der Waals surface area contributed by atoms with E-state index >= 15 is 0 Å². The molecule has 0 aliphatic heterocycles. The van der Waals surface area contributed by atoms with Crippen molar-refractivity contribution in [2.75, 3.05) is 32.8 Å². The van der Waals surface area contributed by atoms with E-state index in [1.807, 2.05) is 6.92 Å². The monoisotopic (exact) mass is 357 g/mol. The van der Waals surface area contributed by atoms with Gasteiger partial charge in [-0.25, -0.2) is 0 Å². The van der Waals surface area contributed by atoms with Gasteiger partial charge in [-0.05, 0) is 31.5 Å². The van der Waals surface area contributed by atoms with Crippen molar-refractivity contribution in [1.82, 2.24) is 0 Å². The quantitative estimate of drug-likeness (QED) is 0.600. The van der Waals surface area contributed by atoms with Crippen LogP contribution in [0, 0.1) is 0 Å². The van der Waals surface area contributed by atoms with E-state index in [0.717, 1.165) is 19.3 Å². The van der Waals surface area contributed by atoms with Gasteiger partial charge in [0.25, 0.3) is 5.91 Å². The molecule has 0 saturated heterocycles. The Balaban J connectivity index is 2.69. The first-order valence-corrected chi connectivity index (χ1v) is 8.62. The van der Waals surface area contributed by atoms with Gasteiger partial charge >= 0.3 is 0 Å². The highest BCUT2D eigenvalue weighted by Crippen LogP contribution is 2.29. The zero-order valence-electron chi connectivity index (χ0n) is 15.0. The normalized spacial score (nSPS) is 13.4. The van der Waals surface area contributed by atoms with Gasteiger partial charge in [0.2, 0.25) is 0 Å². The molecule has 0 bridgehead atoms. The molecule has 0 heterocycles.